The summed E-state index contributed by atoms with van der Waals surface area (Å²) in [7, 11) is 0. The zero-order chi connectivity index (χ0) is 13.1. The summed E-state index contributed by atoms with van der Waals surface area (Å²) < 4.78 is 13.0. The molecule has 3 unspecified atom stereocenters. The molecule has 0 spiro atoms. The van der Waals surface area contributed by atoms with Crippen molar-refractivity contribution in [3.63, 3.8) is 0 Å². The van der Waals surface area contributed by atoms with Crippen LogP contribution >= 0.6 is 11.8 Å². The number of nitrogens with two attached hydrogens (primary N) is 1. The molecule has 1 saturated heterocycles. The van der Waals surface area contributed by atoms with Crippen LogP contribution in [0.1, 0.15) is 25.5 Å². The Hall–Kier alpha value is -0.580. The van der Waals surface area contributed by atoms with E-state index in [9.17, 15) is 4.39 Å². The number of hydrogen-bond acceptors (Lipinski definition) is 3. The maximum absolute atomic E-state index is 13.0. The maximum Gasteiger partial charge on any atom is 0.123 e. The van der Waals surface area contributed by atoms with Crippen molar-refractivity contribution >= 4 is 11.8 Å². The molecular weight excluding hydrogens is 247 g/mol. The number of rotatable bonds is 3. The van der Waals surface area contributed by atoms with Gasteiger partial charge >= 0.3 is 0 Å². The molecule has 0 bridgehead atoms. The molecule has 0 amide bonds. The van der Waals surface area contributed by atoms with Crippen LogP contribution in [0.25, 0.3) is 0 Å². The normalized spacial score (nSPS) is 27.1. The Morgan fingerprint density at radius 1 is 1.28 bits per heavy atom. The molecule has 2 N–H and O–H groups in total. The van der Waals surface area contributed by atoms with Crippen LogP contribution in [0.4, 0.5) is 4.39 Å². The van der Waals surface area contributed by atoms with Crippen LogP contribution in [0, 0.1) is 5.82 Å². The van der Waals surface area contributed by atoms with Gasteiger partial charge in [0, 0.05) is 36.2 Å². The van der Waals surface area contributed by atoms with Gasteiger partial charge in [-0.15, -0.1) is 0 Å². The molecule has 4 heteroatoms. The fraction of sp³-hybridized carbons (Fsp3) is 0.571. The van der Waals surface area contributed by atoms with Crippen LogP contribution in [0.15, 0.2) is 24.3 Å². The third-order valence-corrected chi connectivity index (χ3v) is 4.59. The van der Waals surface area contributed by atoms with Crippen LogP contribution in [0.5, 0.6) is 0 Å². The number of thioether (sulfide) groups is 1. The molecule has 18 heavy (non-hydrogen) atoms. The van der Waals surface area contributed by atoms with E-state index in [2.05, 4.69) is 18.7 Å². The summed E-state index contributed by atoms with van der Waals surface area (Å²) in [6, 6.07) is 6.94. The van der Waals surface area contributed by atoms with Gasteiger partial charge in [0.1, 0.15) is 5.82 Å². The van der Waals surface area contributed by atoms with Gasteiger partial charge in [0.05, 0.1) is 0 Å². The van der Waals surface area contributed by atoms with Crippen molar-refractivity contribution < 1.29 is 4.39 Å². The first-order chi connectivity index (χ1) is 8.60. The Morgan fingerprint density at radius 2 is 1.83 bits per heavy atom. The van der Waals surface area contributed by atoms with E-state index in [1.54, 1.807) is 0 Å². The quantitative estimate of drug-likeness (QED) is 0.914. The molecule has 1 aromatic carbocycles. The third-order valence-electron chi connectivity index (χ3n) is 3.37. The van der Waals surface area contributed by atoms with E-state index in [1.807, 2.05) is 23.9 Å². The zero-order valence-electron chi connectivity index (χ0n) is 11.0. The van der Waals surface area contributed by atoms with E-state index in [1.165, 1.54) is 12.1 Å². The minimum absolute atomic E-state index is 0.189. The molecule has 1 heterocycles. The van der Waals surface area contributed by atoms with E-state index in [0.717, 1.165) is 18.7 Å². The van der Waals surface area contributed by atoms with Gasteiger partial charge in [-0.2, -0.15) is 11.8 Å². The standard InChI is InChI=1S/C14H21FN2S/c1-10-8-17(9-11(2)18-10)14(7-16)12-3-5-13(15)6-4-12/h3-6,10-11,14H,7-9,16H2,1-2H3. The van der Waals surface area contributed by atoms with Crippen LogP contribution in [-0.4, -0.2) is 35.0 Å². The largest absolute Gasteiger partial charge is 0.329 e. The molecule has 1 aliphatic rings. The second-order valence-electron chi connectivity index (χ2n) is 5.01. The Morgan fingerprint density at radius 3 is 2.33 bits per heavy atom. The number of halogens is 1. The van der Waals surface area contributed by atoms with Gasteiger partial charge in [-0.3, -0.25) is 4.90 Å². The SMILES string of the molecule is CC1CN(C(CN)c2ccc(F)cc2)CC(C)S1. The summed E-state index contributed by atoms with van der Waals surface area (Å²) in [5.41, 5.74) is 7.04. The van der Waals surface area contributed by atoms with E-state index < -0.39 is 0 Å². The fourth-order valence-corrected chi connectivity index (χ4v) is 4.00. The van der Waals surface area contributed by atoms with Crippen LogP contribution in [-0.2, 0) is 0 Å². The molecule has 0 saturated carbocycles. The molecular formula is C14H21FN2S. The lowest BCUT2D eigenvalue weighted by atomic mass is 10.0. The lowest BCUT2D eigenvalue weighted by Crippen LogP contribution is -2.44. The van der Waals surface area contributed by atoms with Gasteiger partial charge in [0.2, 0.25) is 0 Å². The van der Waals surface area contributed by atoms with Crippen molar-refractivity contribution in [2.75, 3.05) is 19.6 Å². The minimum atomic E-state index is -0.189. The fourth-order valence-electron chi connectivity index (χ4n) is 2.65. The summed E-state index contributed by atoms with van der Waals surface area (Å²) in [6.07, 6.45) is 0. The highest BCUT2D eigenvalue weighted by molar-refractivity contribution is 8.00. The smallest absolute Gasteiger partial charge is 0.123 e. The average Bonchev–Trinajstić information content (AvgIpc) is 2.31. The predicted octanol–water partition coefficient (Wildman–Crippen LogP) is 2.65. The van der Waals surface area contributed by atoms with Crippen molar-refractivity contribution in [3.8, 4) is 0 Å². The molecule has 3 atom stereocenters. The van der Waals surface area contributed by atoms with Gasteiger partial charge in [-0.05, 0) is 17.7 Å². The molecule has 0 radical (unpaired) electrons. The number of nitrogens with zero attached hydrogens (tertiary/aromatic N) is 1. The number of benzene rings is 1. The molecule has 0 aromatic heterocycles. The maximum atomic E-state index is 13.0. The van der Waals surface area contributed by atoms with E-state index in [4.69, 9.17) is 5.73 Å². The predicted molar refractivity (Wildman–Crippen MR) is 76.3 cm³/mol. The van der Waals surface area contributed by atoms with Gasteiger partial charge < -0.3 is 5.73 Å². The Bertz CT molecular complexity index is 372. The second-order valence-corrected chi connectivity index (χ2v) is 6.90. The molecule has 100 valence electrons. The van der Waals surface area contributed by atoms with Crippen molar-refractivity contribution in [2.24, 2.45) is 5.73 Å². The van der Waals surface area contributed by atoms with E-state index >= 15 is 0 Å². The Balaban J connectivity index is 2.14. The number of hydrogen-bond donors (Lipinski definition) is 1. The van der Waals surface area contributed by atoms with Crippen molar-refractivity contribution in [3.05, 3.63) is 35.6 Å². The topological polar surface area (TPSA) is 29.3 Å². The van der Waals surface area contributed by atoms with Crippen LogP contribution < -0.4 is 5.73 Å². The van der Waals surface area contributed by atoms with Crippen LogP contribution in [0.2, 0.25) is 0 Å². The van der Waals surface area contributed by atoms with Gasteiger partial charge in [0.25, 0.3) is 0 Å². The first-order valence-electron chi connectivity index (χ1n) is 6.45. The average molecular weight is 268 g/mol. The van der Waals surface area contributed by atoms with Crippen LogP contribution in [0.3, 0.4) is 0 Å². The highest BCUT2D eigenvalue weighted by Crippen LogP contribution is 2.30. The second kappa shape index (κ2) is 6.04. The molecule has 1 fully saturated rings. The third kappa shape index (κ3) is 3.25. The summed E-state index contributed by atoms with van der Waals surface area (Å²) in [5, 5.41) is 1.26. The molecule has 1 aliphatic heterocycles. The monoisotopic (exact) mass is 268 g/mol. The molecule has 1 aromatic rings. The first kappa shape index (κ1) is 13.8. The Kier molecular flexibility index (Phi) is 4.65. The van der Waals surface area contributed by atoms with E-state index in [0.29, 0.717) is 17.0 Å². The summed E-state index contributed by atoms with van der Waals surface area (Å²) in [4.78, 5) is 2.43. The Labute approximate surface area is 113 Å². The van der Waals surface area contributed by atoms with Crippen molar-refractivity contribution in [2.45, 2.75) is 30.4 Å². The molecule has 2 nitrogen and oxygen atoms in total. The van der Waals surface area contributed by atoms with Gasteiger partial charge in [0.15, 0.2) is 0 Å². The lowest BCUT2D eigenvalue weighted by Gasteiger charge is -2.39. The highest BCUT2D eigenvalue weighted by Gasteiger charge is 2.27. The highest BCUT2D eigenvalue weighted by atomic mass is 32.2. The summed E-state index contributed by atoms with van der Waals surface area (Å²) in [6.45, 7) is 7.19. The first-order valence-corrected chi connectivity index (χ1v) is 7.39. The minimum Gasteiger partial charge on any atom is -0.329 e. The molecule has 2 rings (SSSR count). The summed E-state index contributed by atoms with van der Waals surface area (Å²) in [5.74, 6) is -0.189. The lowest BCUT2D eigenvalue weighted by molar-refractivity contribution is 0.199. The molecule has 0 aliphatic carbocycles. The van der Waals surface area contributed by atoms with Gasteiger partial charge in [-0.25, -0.2) is 4.39 Å². The van der Waals surface area contributed by atoms with Crippen molar-refractivity contribution in [1.82, 2.24) is 4.90 Å². The van der Waals surface area contributed by atoms with Crippen molar-refractivity contribution in [1.29, 1.82) is 0 Å². The van der Waals surface area contributed by atoms with Gasteiger partial charge in [-0.1, -0.05) is 26.0 Å². The van der Waals surface area contributed by atoms with E-state index in [-0.39, 0.29) is 11.9 Å². The summed E-state index contributed by atoms with van der Waals surface area (Å²) >= 11 is 2.03. The zero-order valence-corrected chi connectivity index (χ0v) is 11.8.